The van der Waals surface area contributed by atoms with Crippen LogP contribution in [-0.2, 0) is 7.05 Å². The Kier molecular flexibility index (Phi) is 5.47. The standard InChI is InChI=1S/C23H21N7O5/c1-28-17-11-19(35-3)18(34-2)10-15(17)25-20(21(28)31)30-13(8-9-29-22(32)26-27-23(29)33)12-24-14-6-4-5-7-16(14)30/h4-7,10-13H,8-9H2,1-3H3. The number of anilines is 2. The van der Waals surface area contributed by atoms with E-state index in [0.29, 0.717) is 33.9 Å². The summed E-state index contributed by atoms with van der Waals surface area (Å²) in [5.41, 5.74) is 2.11. The van der Waals surface area contributed by atoms with Crippen LogP contribution in [0.3, 0.4) is 0 Å². The highest BCUT2D eigenvalue weighted by Crippen LogP contribution is 2.38. The van der Waals surface area contributed by atoms with Crippen molar-refractivity contribution in [1.29, 1.82) is 0 Å². The Hall–Kier alpha value is -4.61. The monoisotopic (exact) mass is 475 g/mol. The number of carbonyl (C=O) groups is 2. The summed E-state index contributed by atoms with van der Waals surface area (Å²) in [6.45, 7) is 0.0545. The van der Waals surface area contributed by atoms with E-state index in [1.54, 1.807) is 30.3 Å². The molecule has 0 fully saturated rings. The first-order valence-corrected chi connectivity index (χ1v) is 10.8. The second kappa shape index (κ2) is 8.63. The third-order valence-corrected chi connectivity index (χ3v) is 5.98. The van der Waals surface area contributed by atoms with Gasteiger partial charge in [0.1, 0.15) is 0 Å². The number of hydrogen-bond donors (Lipinski definition) is 0. The maximum Gasteiger partial charge on any atom is 0.370 e. The molecule has 0 spiro atoms. The smallest absolute Gasteiger partial charge is 0.370 e. The third-order valence-electron chi connectivity index (χ3n) is 5.98. The number of imide groups is 1. The van der Waals surface area contributed by atoms with Crippen LogP contribution in [0.25, 0.3) is 11.0 Å². The van der Waals surface area contributed by atoms with Gasteiger partial charge in [0.25, 0.3) is 5.56 Å². The zero-order chi connectivity index (χ0) is 24.7. The normalized spacial score (nSPS) is 16.8. The molecule has 35 heavy (non-hydrogen) atoms. The molecule has 2 aromatic carbocycles. The Morgan fingerprint density at radius 1 is 0.971 bits per heavy atom. The molecule has 2 aliphatic heterocycles. The van der Waals surface area contributed by atoms with E-state index >= 15 is 0 Å². The van der Waals surface area contributed by atoms with Crippen molar-refractivity contribution in [3.8, 4) is 11.5 Å². The molecule has 0 saturated heterocycles. The number of methoxy groups -OCH3 is 2. The highest BCUT2D eigenvalue weighted by Gasteiger charge is 2.32. The molecule has 0 N–H and O–H groups in total. The van der Waals surface area contributed by atoms with Gasteiger partial charge in [-0.1, -0.05) is 22.4 Å². The second-order valence-corrected chi connectivity index (χ2v) is 7.91. The summed E-state index contributed by atoms with van der Waals surface area (Å²) in [6, 6.07) is 8.88. The summed E-state index contributed by atoms with van der Waals surface area (Å²) in [7, 11) is 4.71. The van der Waals surface area contributed by atoms with Crippen molar-refractivity contribution >= 4 is 46.5 Å². The molecule has 1 aromatic heterocycles. The molecule has 178 valence electrons. The number of aryl methyl sites for hydroxylation is 1. The van der Waals surface area contributed by atoms with Crippen LogP contribution in [0.4, 0.5) is 26.8 Å². The van der Waals surface area contributed by atoms with Crippen LogP contribution in [-0.4, -0.2) is 59.5 Å². The number of aliphatic imine (C=N–C) groups is 1. The van der Waals surface area contributed by atoms with Crippen LogP contribution in [0, 0.1) is 0 Å². The lowest BCUT2D eigenvalue weighted by atomic mass is 10.1. The lowest BCUT2D eigenvalue weighted by Gasteiger charge is -2.34. The van der Waals surface area contributed by atoms with Crippen LogP contribution < -0.4 is 19.9 Å². The molecule has 12 nitrogen and oxygen atoms in total. The highest BCUT2D eigenvalue weighted by molar-refractivity contribution is 5.98. The van der Waals surface area contributed by atoms with Crippen molar-refractivity contribution in [3.63, 3.8) is 0 Å². The number of benzene rings is 2. The topological polar surface area (TPSA) is 131 Å². The molecule has 1 atom stereocenters. The van der Waals surface area contributed by atoms with E-state index < -0.39 is 18.1 Å². The van der Waals surface area contributed by atoms with Crippen molar-refractivity contribution in [1.82, 2.24) is 14.5 Å². The van der Waals surface area contributed by atoms with E-state index in [1.807, 2.05) is 24.3 Å². The molecular formula is C23H21N7O5. The van der Waals surface area contributed by atoms with E-state index in [1.165, 1.54) is 18.8 Å². The summed E-state index contributed by atoms with van der Waals surface area (Å²) < 4.78 is 12.3. The summed E-state index contributed by atoms with van der Waals surface area (Å²) in [6.07, 6.45) is 1.97. The number of amides is 4. The van der Waals surface area contributed by atoms with E-state index in [0.717, 1.165) is 4.90 Å². The zero-order valence-corrected chi connectivity index (χ0v) is 19.2. The minimum atomic E-state index is -0.713. The molecule has 0 bridgehead atoms. The number of aromatic nitrogens is 2. The van der Waals surface area contributed by atoms with Crippen LogP contribution in [0.1, 0.15) is 6.42 Å². The summed E-state index contributed by atoms with van der Waals surface area (Å²) in [5, 5.41) is 6.59. The highest BCUT2D eigenvalue weighted by atomic mass is 16.5. The van der Waals surface area contributed by atoms with Gasteiger partial charge in [0.15, 0.2) is 11.5 Å². The Bertz CT molecular complexity index is 1460. The lowest BCUT2D eigenvalue weighted by molar-refractivity contribution is 0.205. The van der Waals surface area contributed by atoms with Crippen LogP contribution >= 0.6 is 0 Å². The van der Waals surface area contributed by atoms with Gasteiger partial charge >= 0.3 is 12.1 Å². The average Bonchev–Trinajstić information content (AvgIpc) is 3.20. The molecule has 0 radical (unpaired) electrons. The first kappa shape index (κ1) is 22.2. The van der Waals surface area contributed by atoms with Gasteiger partial charge in [0.2, 0.25) is 5.82 Å². The van der Waals surface area contributed by atoms with Gasteiger partial charge in [0.05, 0.1) is 42.7 Å². The SMILES string of the molecule is COc1cc2nc(N3c4ccccc4N=CC3CCN3C(=O)N=NC3=O)c(=O)n(C)c2cc1OC. The Balaban J connectivity index is 1.62. The van der Waals surface area contributed by atoms with Gasteiger partial charge in [-0.15, -0.1) is 0 Å². The van der Waals surface area contributed by atoms with E-state index in [9.17, 15) is 14.4 Å². The predicted molar refractivity (Wildman–Crippen MR) is 128 cm³/mol. The molecule has 4 amide bonds. The van der Waals surface area contributed by atoms with Crippen molar-refractivity contribution in [2.75, 3.05) is 25.7 Å². The largest absolute Gasteiger partial charge is 0.493 e. The molecule has 12 heteroatoms. The predicted octanol–water partition coefficient (Wildman–Crippen LogP) is 3.57. The van der Waals surface area contributed by atoms with E-state index in [-0.39, 0.29) is 24.3 Å². The maximum atomic E-state index is 13.5. The van der Waals surface area contributed by atoms with E-state index in [4.69, 9.17) is 14.5 Å². The summed E-state index contributed by atoms with van der Waals surface area (Å²) in [4.78, 5) is 49.3. The van der Waals surface area contributed by atoms with Crippen molar-refractivity contribution < 1.29 is 19.1 Å². The van der Waals surface area contributed by atoms with Crippen LogP contribution in [0.15, 0.2) is 56.4 Å². The first-order chi connectivity index (χ1) is 16.9. The summed E-state index contributed by atoms with van der Waals surface area (Å²) >= 11 is 0. The number of fused-ring (bicyclic) bond motifs is 2. The molecule has 5 rings (SSSR count). The average molecular weight is 475 g/mol. The number of ether oxygens (including phenoxy) is 2. The molecule has 2 aliphatic rings. The van der Waals surface area contributed by atoms with Gasteiger partial charge in [0, 0.05) is 31.9 Å². The number of rotatable bonds is 6. The Morgan fingerprint density at radius 3 is 2.37 bits per heavy atom. The van der Waals surface area contributed by atoms with Gasteiger partial charge < -0.3 is 18.9 Å². The molecule has 0 saturated carbocycles. The van der Waals surface area contributed by atoms with Gasteiger partial charge in [-0.05, 0) is 18.6 Å². The molecule has 1 unspecified atom stereocenters. The fraction of sp³-hybridized carbons (Fsp3) is 0.261. The van der Waals surface area contributed by atoms with Gasteiger partial charge in [-0.25, -0.2) is 19.5 Å². The first-order valence-electron chi connectivity index (χ1n) is 10.8. The molecule has 3 heterocycles. The number of hydrogen-bond acceptors (Lipinski definition) is 8. The van der Waals surface area contributed by atoms with Crippen LogP contribution in [0.2, 0.25) is 0 Å². The molecule has 3 aromatic rings. The van der Waals surface area contributed by atoms with Crippen LogP contribution in [0.5, 0.6) is 11.5 Å². The fourth-order valence-electron chi connectivity index (χ4n) is 4.19. The summed E-state index contributed by atoms with van der Waals surface area (Å²) in [5.74, 6) is 1.13. The third kappa shape index (κ3) is 3.68. The number of carbonyl (C=O) groups excluding carboxylic acids is 2. The number of urea groups is 2. The Labute approximate surface area is 199 Å². The van der Waals surface area contributed by atoms with Crippen molar-refractivity contribution in [2.45, 2.75) is 12.5 Å². The number of nitrogens with zero attached hydrogens (tertiary/aromatic N) is 7. The van der Waals surface area contributed by atoms with Crippen molar-refractivity contribution in [2.24, 2.45) is 22.3 Å². The van der Waals surface area contributed by atoms with Gasteiger partial charge in [-0.2, -0.15) is 0 Å². The Morgan fingerprint density at radius 2 is 1.66 bits per heavy atom. The zero-order valence-electron chi connectivity index (χ0n) is 19.2. The minimum Gasteiger partial charge on any atom is -0.493 e. The van der Waals surface area contributed by atoms with Crippen molar-refractivity contribution in [3.05, 3.63) is 46.8 Å². The number of para-hydroxylation sites is 2. The lowest BCUT2D eigenvalue weighted by Crippen LogP contribution is -2.42. The quantitative estimate of drug-likeness (QED) is 0.532. The molecule has 0 aliphatic carbocycles. The molecular weight excluding hydrogens is 454 g/mol. The minimum absolute atomic E-state index is 0.0545. The maximum absolute atomic E-state index is 13.5. The number of azo groups is 1. The van der Waals surface area contributed by atoms with E-state index in [2.05, 4.69) is 15.2 Å². The fourth-order valence-corrected chi connectivity index (χ4v) is 4.19. The van der Waals surface area contributed by atoms with Gasteiger partial charge in [-0.3, -0.25) is 9.79 Å². The second-order valence-electron chi connectivity index (χ2n) is 7.91.